The summed E-state index contributed by atoms with van der Waals surface area (Å²) in [4.78, 5) is 11.0. The van der Waals surface area contributed by atoms with E-state index in [0.717, 1.165) is 25.0 Å². The zero-order valence-corrected chi connectivity index (χ0v) is 12.3. The summed E-state index contributed by atoms with van der Waals surface area (Å²) in [6, 6.07) is 5.12. The minimum absolute atomic E-state index is 0.0165. The first kappa shape index (κ1) is 14.3. The maximum Gasteiger partial charge on any atom is 0.311 e. The molecule has 0 bridgehead atoms. The average Bonchev–Trinajstić information content (AvgIpc) is 2.41. The Bertz CT molecular complexity index is 466. The summed E-state index contributed by atoms with van der Waals surface area (Å²) in [5.74, 6) is 0.644. The van der Waals surface area contributed by atoms with Crippen molar-refractivity contribution in [3.63, 3.8) is 0 Å². The lowest BCUT2D eigenvalue weighted by molar-refractivity contribution is -0.385. The second-order valence-corrected chi connectivity index (χ2v) is 5.78. The van der Waals surface area contributed by atoms with Crippen LogP contribution >= 0.6 is 15.9 Å². The average molecular weight is 330 g/mol. The van der Waals surface area contributed by atoms with Crippen molar-refractivity contribution in [2.45, 2.75) is 17.7 Å². The molecule has 1 aliphatic heterocycles. The number of nitrogens with zero attached hydrogens (tertiary/aromatic N) is 1. The molecule has 0 saturated carbocycles. The van der Waals surface area contributed by atoms with Gasteiger partial charge in [0, 0.05) is 17.5 Å². The predicted octanol–water partition coefficient (Wildman–Crippen LogP) is 2.95. The van der Waals surface area contributed by atoms with Crippen LogP contribution in [0.1, 0.15) is 12.0 Å². The molecule has 0 aromatic heterocycles. The van der Waals surface area contributed by atoms with Gasteiger partial charge in [-0.3, -0.25) is 10.1 Å². The van der Waals surface area contributed by atoms with Crippen molar-refractivity contribution in [3.05, 3.63) is 33.9 Å². The molecule has 1 aliphatic rings. The zero-order chi connectivity index (χ0) is 13.8. The van der Waals surface area contributed by atoms with Gasteiger partial charge in [0.1, 0.15) is 0 Å². The lowest BCUT2D eigenvalue weighted by Gasteiger charge is -2.27. The summed E-state index contributed by atoms with van der Waals surface area (Å²) in [5, 5.41) is 11.0. The fraction of sp³-hybridized carbons (Fsp3) is 0.538. The number of hydrogen-bond donors (Lipinski definition) is 0. The molecule has 0 spiro atoms. The van der Waals surface area contributed by atoms with E-state index in [-0.39, 0.29) is 5.69 Å². The highest BCUT2D eigenvalue weighted by molar-refractivity contribution is 9.09. The maximum absolute atomic E-state index is 11.0. The topological polar surface area (TPSA) is 61.6 Å². The Kier molecular flexibility index (Phi) is 4.76. The van der Waals surface area contributed by atoms with Crippen LogP contribution in [-0.2, 0) is 11.2 Å². The van der Waals surface area contributed by atoms with Crippen molar-refractivity contribution >= 4 is 21.6 Å². The van der Waals surface area contributed by atoms with Crippen LogP contribution in [0, 0.1) is 16.0 Å². The monoisotopic (exact) mass is 329 g/mol. The first-order valence-corrected chi connectivity index (χ1v) is 7.06. The first-order valence-electron chi connectivity index (χ1n) is 6.15. The molecule has 6 heteroatoms. The Labute approximate surface area is 120 Å². The van der Waals surface area contributed by atoms with E-state index in [0.29, 0.717) is 23.1 Å². The zero-order valence-electron chi connectivity index (χ0n) is 10.7. The first-order chi connectivity index (χ1) is 9.11. The van der Waals surface area contributed by atoms with Crippen LogP contribution < -0.4 is 4.74 Å². The summed E-state index contributed by atoms with van der Waals surface area (Å²) < 4.78 is 10.5. The van der Waals surface area contributed by atoms with E-state index >= 15 is 0 Å². The molecule has 2 rings (SSSR count). The summed E-state index contributed by atoms with van der Waals surface area (Å²) in [6.45, 7) is 1.46. The number of nitro benzene ring substituents is 1. The van der Waals surface area contributed by atoms with Gasteiger partial charge in [-0.05, 0) is 30.4 Å². The summed E-state index contributed by atoms with van der Waals surface area (Å²) >= 11 is 3.65. The van der Waals surface area contributed by atoms with Crippen molar-refractivity contribution in [3.8, 4) is 5.75 Å². The fourth-order valence-corrected chi connectivity index (χ4v) is 2.79. The largest absolute Gasteiger partial charge is 0.490 e. The van der Waals surface area contributed by atoms with Gasteiger partial charge < -0.3 is 9.47 Å². The van der Waals surface area contributed by atoms with Crippen LogP contribution in [0.3, 0.4) is 0 Å². The van der Waals surface area contributed by atoms with Gasteiger partial charge in [-0.1, -0.05) is 22.0 Å². The second kappa shape index (κ2) is 6.34. The van der Waals surface area contributed by atoms with Gasteiger partial charge in [-0.15, -0.1) is 0 Å². The molecule has 104 valence electrons. The molecule has 0 aliphatic carbocycles. The minimum Gasteiger partial charge on any atom is -0.490 e. The van der Waals surface area contributed by atoms with E-state index < -0.39 is 4.92 Å². The van der Waals surface area contributed by atoms with Crippen molar-refractivity contribution < 1.29 is 14.4 Å². The van der Waals surface area contributed by atoms with Crippen LogP contribution in [0.4, 0.5) is 5.69 Å². The van der Waals surface area contributed by atoms with Gasteiger partial charge in [-0.25, -0.2) is 0 Å². The third-order valence-corrected chi connectivity index (χ3v) is 4.52. The molecule has 19 heavy (non-hydrogen) atoms. The molecule has 2 unspecified atom stereocenters. The predicted molar refractivity (Wildman–Crippen MR) is 75.0 cm³/mol. The third-order valence-electron chi connectivity index (χ3n) is 3.32. The number of halogens is 1. The summed E-state index contributed by atoms with van der Waals surface area (Å²) in [6.07, 6.45) is 1.74. The van der Waals surface area contributed by atoms with Crippen LogP contribution in [0.25, 0.3) is 0 Å². The Morgan fingerprint density at radius 3 is 3.00 bits per heavy atom. The molecule has 0 N–H and O–H groups in total. The smallest absolute Gasteiger partial charge is 0.311 e. The summed E-state index contributed by atoms with van der Waals surface area (Å²) in [7, 11) is 1.44. The normalized spacial score (nSPS) is 23.1. The number of nitro groups is 1. The number of methoxy groups -OCH3 is 1. The van der Waals surface area contributed by atoms with Crippen molar-refractivity contribution in [2.24, 2.45) is 5.92 Å². The highest BCUT2D eigenvalue weighted by Gasteiger charge is 2.25. The van der Waals surface area contributed by atoms with Gasteiger partial charge in [-0.2, -0.15) is 0 Å². The molecule has 5 nitrogen and oxygen atoms in total. The molecule has 1 aromatic rings. The standard InChI is InChI=1S/C13H16BrNO4/c1-18-13-3-2-9(7-12(13)15(16)17)6-10-8-19-5-4-11(10)14/h2-3,7,10-11H,4-6,8H2,1H3. The molecule has 1 saturated heterocycles. The fourth-order valence-electron chi connectivity index (χ4n) is 2.27. The van der Waals surface area contributed by atoms with Crippen LogP contribution in [-0.4, -0.2) is 30.1 Å². The number of alkyl halides is 1. The molecule has 2 atom stereocenters. The Balaban J connectivity index is 2.16. The van der Waals surface area contributed by atoms with Gasteiger partial charge in [0.05, 0.1) is 18.6 Å². The molecule has 0 radical (unpaired) electrons. The summed E-state index contributed by atoms with van der Waals surface area (Å²) in [5.41, 5.74) is 0.954. The lowest BCUT2D eigenvalue weighted by atomic mass is 9.94. The van der Waals surface area contributed by atoms with Crippen LogP contribution in [0.15, 0.2) is 18.2 Å². The van der Waals surface area contributed by atoms with Gasteiger partial charge >= 0.3 is 5.69 Å². The van der Waals surface area contributed by atoms with Crippen molar-refractivity contribution in [1.29, 1.82) is 0 Å². The highest BCUT2D eigenvalue weighted by Crippen LogP contribution is 2.31. The molecule has 1 fully saturated rings. The molecule has 1 heterocycles. The van der Waals surface area contributed by atoms with E-state index in [1.165, 1.54) is 7.11 Å². The second-order valence-electron chi connectivity index (χ2n) is 4.61. The van der Waals surface area contributed by atoms with E-state index in [1.807, 2.05) is 6.07 Å². The van der Waals surface area contributed by atoms with Crippen molar-refractivity contribution in [2.75, 3.05) is 20.3 Å². The number of ether oxygens (including phenoxy) is 2. The van der Waals surface area contributed by atoms with Crippen LogP contribution in [0.2, 0.25) is 0 Å². The molecular formula is C13H16BrNO4. The third kappa shape index (κ3) is 3.45. The quantitative estimate of drug-likeness (QED) is 0.484. The molecule has 1 aromatic carbocycles. The Hall–Kier alpha value is -1.14. The van der Waals surface area contributed by atoms with Crippen molar-refractivity contribution in [1.82, 2.24) is 0 Å². The number of benzene rings is 1. The minimum atomic E-state index is -0.411. The van der Waals surface area contributed by atoms with Crippen LogP contribution in [0.5, 0.6) is 5.75 Å². The highest BCUT2D eigenvalue weighted by atomic mass is 79.9. The van der Waals surface area contributed by atoms with Gasteiger partial charge in [0.15, 0.2) is 5.75 Å². The van der Waals surface area contributed by atoms with Gasteiger partial charge in [0.25, 0.3) is 0 Å². The molecule has 0 amide bonds. The Morgan fingerprint density at radius 2 is 2.37 bits per heavy atom. The Morgan fingerprint density at radius 1 is 1.58 bits per heavy atom. The number of rotatable bonds is 4. The molecular weight excluding hydrogens is 314 g/mol. The van der Waals surface area contributed by atoms with E-state index in [2.05, 4.69) is 15.9 Å². The maximum atomic E-state index is 11.0. The van der Waals surface area contributed by atoms with E-state index in [9.17, 15) is 10.1 Å². The lowest BCUT2D eigenvalue weighted by Crippen LogP contribution is -2.29. The SMILES string of the molecule is COc1ccc(CC2COCCC2Br)cc1[N+](=O)[O-]. The van der Waals surface area contributed by atoms with Gasteiger partial charge in [0.2, 0.25) is 0 Å². The number of hydrogen-bond acceptors (Lipinski definition) is 4. The van der Waals surface area contributed by atoms with E-state index in [1.54, 1.807) is 12.1 Å². The van der Waals surface area contributed by atoms with E-state index in [4.69, 9.17) is 9.47 Å².